The monoisotopic (exact) mass is 593 g/mol. The average Bonchev–Trinajstić information content (AvgIpc) is 3.25. The lowest BCUT2D eigenvalue weighted by atomic mass is 9.89. The summed E-state index contributed by atoms with van der Waals surface area (Å²) in [5.41, 5.74) is 12.8. The van der Waals surface area contributed by atoms with Crippen LogP contribution in [0.25, 0.3) is 44.8 Å². The molecule has 8 rings (SSSR count). The van der Waals surface area contributed by atoms with Crippen molar-refractivity contribution in [3.63, 3.8) is 0 Å². The first-order chi connectivity index (χ1) is 22.2. The molecule has 6 aromatic rings. The van der Waals surface area contributed by atoms with Crippen molar-refractivity contribution < 1.29 is 0 Å². The van der Waals surface area contributed by atoms with Crippen LogP contribution in [0.3, 0.4) is 0 Å². The summed E-state index contributed by atoms with van der Waals surface area (Å²) in [5.74, 6) is 0. The Labute approximate surface area is 269 Å². The molecule has 0 spiro atoms. The van der Waals surface area contributed by atoms with Gasteiger partial charge in [0.05, 0.1) is 5.69 Å². The first-order valence-electron chi connectivity index (χ1n) is 15.3. The van der Waals surface area contributed by atoms with Gasteiger partial charge in [-0.15, -0.1) is 0 Å². The summed E-state index contributed by atoms with van der Waals surface area (Å²) in [6.45, 7) is 4.64. The summed E-state index contributed by atoms with van der Waals surface area (Å²) < 4.78 is 0. The fourth-order valence-corrected chi connectivity index (χ4v) is 7.06. The Kier molecular flexibility index (Phi) is 6.85. The van der Waals surface area contributed by atoms with Gasteiger partial charge in [0.15, 0.2) is 0 Å². The van der Waals surface area contributed by atoms with Crippen molar-refractivity contribution in [2.24, 2.45) is 0 Å². The van der Waals surface area contributed by atoms with E-state index < -0.39 is 0 Å². The van der Waals surface area contributed by atoms with Gasteiger partial charge in [-0.25, -0.2) is 0 Å². The summed E-state index contributed by atoms with van der Waals surface area (Å²) in [4.78, 5) is 2.35. The summed E-state index contributed by atoms with van der Waals surface area (Å²) in [6, 6.07) is 43.7. The molecule has 0 atom stereocenters. The van der Waals surface area contributed by atoms with Crippen LogP contribution in [0.5, 0.6) is 0 Å². The van der Waals surface area contributed by atoms with Crippen LogP contribution in [0.15, 0.2) is 157 Å². The largest absolute Gasteiger partial charge is 0.310 e. The predicted molar refractivity (Wildman–Crippen MR) is 198 cm³/mol. The zero-order valence-electron chi connectivity index (χ0n) is 24.8. The molecule has 0 saturated heterocycles. The second kappa shape index (κ2) is 11.3. The highest BCUT2D eigenvalue weighted by atomic mass is 32.1. The number of benzene rings is 6. The van der Waals surface area contributed by atoms with Crippen LogP contribution in [0.4, 0.5) is 11.4 Å². The first-order valence-corrected chi connectivity index (χ1v) is 15.8. The van der Waals surface area contributed by atoms with Crippen LogP contribution < -0.4 is 4.90 Å². The maximum Gasteiger partial charge on any atom is 0.0581 e. The van der Waals surface area contributed by atoms with E-state index >= 15 is 0 Å². The predicted octanol–water partition coefficient (Wildman–Crippen LogP) is 11.6. The van der Waals surface area contributed by atoms with Crippen molar-refractivity contribution in [1.29, 1.82) is 0 Å². The van der Waals surface area contributed by atoms with Crippen LogP contribution >= 0.6 is 12.6 Å². The van der Waals surface area contributed by atoms with E-state index in [1.54, 1.807) is 0 Å². The summed E-state index contributed by atoms with van der Waals surface area (Å²) in [5, 5.41) is 6.91. The number of hydrogen-bond acceptors (Lipinski definition) is 2. The molecule has 214 valence electrons. The summed E-state index contributed by atoms with van der Waals surface area (Å²) >= 11 is 4.56. The molecule has 2 heteroatoms. The molecule has 1 aliphatic carbocycles. The van der Waals surface area contributed by atoms with Crippen molar-refractivity contribution in [1.82, 2.24) is 0 Å². The minimum atomic E-state index is 0.820. The van der Waals surface area contributed by atoms with Gasteiger partial charge in [-0.3, -0.25) is 0 Å². The zero-order valence-corrected chi connectivity index (χ0v) is 25.7. The third-order valence-electron chi connectivity index (χ3n) is 9.02. The topological polar surface area (TPSA) is 3.24 Å². The van der Waals surface area contributed by atoms with Crippen molar-refractivity contribution in [3.8, 4) is 0 Å². The molecule has 6 aromatic carbocycles. The SMILES string of the molecule is C=C1/C=C\c2ccccc2Cc2c(c3ccccc3c3ccccc23)N1c1ccc(C2=C/C(=C/S)c3ccccc3C=C2)cc1. The minimum absolute atomic E-state index is 0.820. The Morgan fingerprint density at radius 1 is 0.600 bits per heavy atom. The fourth-order valence-electron chi connectivity index (χ4n) is 6.84. The number of allylic oxidation sites excluding steroid dienone is 5. The molecule has 1 nitrogen and oxygen atoms in total. The Morgan fingerprint density at radius 2 is 1.22 bits per heavy atom. The average molecular weight is 594 g/mol. The molecule has 2 aliphatic rings. The van der Waals surface area contributed by atoms with E-state index in [2.05, 4.69) is 176 Å². The highest BCUT2D eigenvalue weighted by Gasteiger charge is 2.24. The Bertz CT molecular complexity index is 2260. The van der Waals surface area contributed by atoms with E-state index in [1.807, 2.05) is 5.41 Å². The van der Waals surface area contributed by atoms with E-state index in [0.29, 0.717) is 0 Å². The van der Waals surface area contributed by atoms with Gasteiger partial charge in [0.2, 0.25) is 0 Å². The molecule has 0 saturated carbocycles. The molecule has 0 amide bonds. The van der Waals surface area contributed by atoms with Gasteiger partial charge in [0.1, 0.15) is 0 Å². The van der Waals surface area contributed by atoms with Crippen molar-refractivity contribution in [2.45, 2.75) is 6.42 Å². The lowest BCUT2D eigenvalue weighted by molar-refractivity contribution is 1.16. The van der Waals surface area contributed by atoms with Gasteiger partial charge in [-0.2, -0.15) is 12.6 Å². The summed E-state index contributed by atoms with van der Waals surface area (Å²) in [6.07, 6.45) is 11.8. The molecule has 45 heavy (non-hydrogen) atoms. The Hall–Kier alpha value is -5.31. The van der Waals surface area contributed by atoms with Crippen LogP contribution in [0.2, 0.25) is 0 Å². The van der Waals surface area contributed by atoms with E-state index in [4.69, 9.17) is 0 Å². The van der Waals surface area contributed by atoms with Crippen LogP contribution in [0, 0.1) is 0 Å². The van der Waals surface area contributed by atoms with Gasteiger partial charge in [0, 0.05) is 23.2 Å². The molecule has 1 aliphatic heterocycles. The van der Waals surface area contributed by atoms with Crippen molar-refractivity contribution in [3.05, 3.63) is 191 Å². The van der Waals surface area contributed by atoms with Crippen molar-refractivity contribution >= 4 is 68.8 Å². The van der Waals surface area contributed by atoms with E-state index in [1.165, 1.54) is 55.0 Å². The lowest BCUT2D eigenvalue weighted by Crippen LogP contribution is -2.17. The van der Waals surface area contributed by atoms with Gasteiger partial charge in [-0.1, -0.05) is 134 Å². The maximum atomic E-state index is 4.64. The molecular formula is C43H31NS. The number of anilines is 2. The number of nitrogens with zero attached hydrogens (tertiary/aromatic N) is 1. The minimum Gasteiger partial charge on any atom is -0.310 e. The molecule has 0 fully saturated rings. The molecule has 0 N–H and O–H groups in total. The summed E-state index contributed by atoms with van der Waals surface area (Å²) in [7, 11) is 0. The molecule has 0 radical (unpaired) electrons. The molecule has 1 heterocycles. The Morgan fingerprint density at radius 3 is 2.00 bits per heavy atom. The van der Waals surface area contributed by atoms with Crippen LogP contribution in [0.1, 0.15) is 33.4 Å². The van der Waals surface area contributed by atoms with Crippen LogP contribution in [-0.4, -0.2) is 0 Å². The normalized spacial score (nSPS) is 15.8. The van der Waals surface area contributed by atoms with Gasteiger partial charge >= 0.3 is 0 Å². The van der Waals surface area contributed by atoms with E-state index in [0.717, 1.165) is 34.5 Å². The van der Waals surface area contributed by atoms with E-state index in [-0.39, 0.29) is 0 Å². The van der Waals surface area contributed by atoms with Gasteiger partial charge < -0.3 is 4.90 Å². The zero-order chi connectivity index (χ0) is 30.3. The molecule has 0 unspecified atom stereocenters. The maximum absolute atomic E-state index is 4.64. The second-order valence-corrected chi connectivity index (χ2v) is 11.9. The Balaban J connectivity index is 1.32. The highest BCUT2D eigenvalue weighted by molar-refractivity contribution is 7.83. The van der Waals surface area contributed by atoms with E-state index in [9.17, 15) is 0 Å². The van der Waals surface area contributed by atoms with Gasteiger partial charge in [-0.05, 0) is 90.4 Å². The fraction of sp³-hybridized carbons (Fsp3) is 0.0233. The quantitative estimate of drug-likeness (QED) is 0.154. The molecule has 0 bridgehead atoms. The second-order valence-electron chi connectivity index (χ2n) is 11.6. The highest BCUT2D eigenvalue weighted by Crippen LogP contribution is 2.45. The number of hydrogen-bond donors (Lipinski definition) is 1. The third-order valence-corrected chi connectivity index (χ3v) is 9.30. The van der Waals surface area contributed by atoms with Crippen LogP contribution in [-0.2, 0) is 6.42 Å². The van der Waals surface area contributed by atoms with Crippen molar-refractivity contribution in [2.75, 3.05) is 4.90 Å². The number of thiol groups is 1. The standard InChI is InChI=1S/C43H31NS/c1-29-18-19-30-10-2-3-12-33(30)27-42-40-16-7-6-14-38(40)39-15-8-9-17-41(39)43(42)44(29)36-24-22-31(23-25-36)34-21-20-32-11-4-5-13-37(32)35(26-34)28-45/h2-26,28,45H,1,27H2/b19-18-,35-28-. The lowest BCUT2D eigenvalue weighted by Gasteiger charge is -2.30. The molecule has 0 aromatic heterocycles. The van der Waals surface area contributed by atoms with Gasteiger partial charge in [0.25, 0.3) is 0 Å². The number of fused-ring (bicyclic) bond motifs is 8. The smallest absolute Gasteiger partial charge is 0.0581 e. The molecular weight excluding hydrogens is 563 g/mol. The third kappa shape index (κ3) is 4.75. The number of rotatable bonds is 2. The first kappa shape index (κ1) is 27.3.